The standard InChI is InChI=1S/C9H12O3/c1-2-9-5(3-4-6(9)10)7(9)8(11)12/h5,7H,2-4H2,1H3,(H,11,12)/t5-,7-,9-/m1/s1. The number of carboxylic acids is 1. The second kappa shape index (κ2) is 2.09. The first kappa shape index (κ1) is 7.77. The Balaban J connectivity index is 2.27. The van der Waals surface area contributed by atoms with Crippen molar-refractivity contribution < 1.29 is 14.7 Å². The Hall–Kier alpha value is -0.860. The number of ketones is 1. The molecule has 0 saturated heterocycles. The van der Waals surface area contributed by atoms with E-state index in [4.69, 9.17) is 5.11 Å². The monoisotopic (exact) mass is 168 g/mol. The molecule has 2 aliphatic carbocycles. The molecule has 0 heterocycles. The summed E-state index contributed by atoms with van der Waals surface area (Å²) in [5.41, 5.74) is -0.439. The maximum atomic E-state index is 11.4. The van der Waals surface area contributed by atoms with Crippen molar-refractivity contribution >= 4 is 11.8 Å². The summed E-state index contributed by atoms with van der Waals surface area (Å²) < 4.78 is 0. The number of aliphatic carboxylic acids is 1. The van der Waals surface area contributed by atoms with E-state index in [0.29, 0.717) is 12.8 Å². The smallest absolute Gasteiger partial charge is 0.307 e. The largest absolute Gasteiger partial charge is 0.481 e. The number of carboxylic acid groups (broad SMARTS) is 1. The van der Waals surface area contributed by atoms with E-state index in [1.165, 1.54) is 0 Å². The van der Waals surface area contributed by atoms with Gasteiger partial charge in [0.25, 0.3) is 0 Å². The van der Waals surface area contributed by atoms with Crippen LogP contribution in [0.3, 0.4) is 0 Å². The summed E-state index contributed by atoms with van der Waals surface area (Å²) in [4.78, 5) is 22.2. The highest BCUT2D eigenvalue weighted by molar-refractivity contribution is 5.98. The number of hydrogen-bond acceptors (Lipinski definition) is 2. The highest BCUT2D eigenvalue weighted by Gasteiger charge is 2.73. The van der Waals surface area contributed by atoms with Crippen LogP contribution < -0.4 is 0 Å². The van der Waals surface area contributed by atoms with Crippen molar-refractivity contribution in [3.63, 3.8) is 0 Å². The van der Waals surface area contributed by atoms with Crippen LogP contribution in [0.4, 0.5) is 0 Å². The summed E-state index contributed by atoms with van der Waals surface area (Å²) in [7, 11) is 0. The van der Waals surface area contributed by atoms with Gasteiger partial charge in [0.2, 0.25) is 0 Å². The van der Waals surface area contributed by atoms with Crippen molar-refractivity contribution in [2.45, 2.75) is 26.2 Å². The first-order valence-corrected chi connectivity index (χ1v) is 4.40. The first-order valence-electron chi connectivity index (χ1n) is 4.40. The SMILES string of the molecule is CC[C@]12C(=O)CC[C@@H]1[C@@H]2C(=O)O. The Kier molecular flexibility index (Phi) is 1.35. The lowest BCUT2D eigenvalue weighted by molar-refractivity contribution is -0.142. The molecule has 2 aliphatic rings. The molecule has 12 heavy (non-hydrogen) atoms. The molecule has 66 valence electrons. The fourth-order valence-corrected chi connectivity index (χ4v) is 2.91. The van der Waals surface area contributed by atoms with Crippen LogP contribution >= 0.6 is 0 Å². The summed E-state index contributed by atoms with van der Waals surface area (Å²) >= 11 is 0. The van der Waals surface area contributed by atoms with E-state index in [0.717, 1.165) is 6.42 Å². The second-order valence-corrected chi connectivity index (χ2v) is 3.78. The van der Waals surface area contributed by atoms with Gasteiger partial charge in [0.15, 0.2) is 0 Å². The van der Waals surface area contributed by atoms with Crippen LogP contribution in [0.25, 0.3) is 0 Å². The summed E-state index contributed by atoms with van der Waals surface area (Å²) in [6.07, 6.45) is 2.10. The summed E-state index contributed by atoms with van der Waals surface area (Å²) in [5, 5.41) is 8.82. The zero-order valence-electron chi connectivity index (χ0n) is 7.04. The van der Waals surface area contributed by atoms with Crippen LogP contribution in [0.5, 0.6) is 0 Å². The Morgan fingerprint density at radius 2 is 2.42 bits per heavy atom. The molecule has 2 fully saturated rings. The molecule has 0 radical (unpaired) electrons. The van der Waals surface area contributed by atoms with Gasteiger partial charge in [-0.1, -0.05) is 6.92 Å². The molecule has 2 saturated carbocycles. The summed E-state index contributed by atoms with van der Waals surface area (Å²) in [6, 6.07) is 0. The van der Waals surface area contributed by atoms with Crippen LogP contribution in [0.1, 0.15) is 26.2 Å². The van der Waals surface area contributed by atoms with Crippen molar-refractivity contribution in [1.82, 2.24) is 0 Å². The third kappa shape index (κ3) is 0.625. The fourth-order valence-electron chi connectivity index (χ4n) is 2.91. The highest BCUT2D eigenvalue weighted by Crippen LogP contribution is 2.68. The summed E-state index contributed by atoms with van der Waals surface area (Å²) in [5.74, 6) is -0.798. The molecule has 3 atom stereocenters. The van der Waals surface area contributed by atoms with Crippen LogP contribution in [0.15, 0.2) is 0 Å². The quantitative estimate of drug-likeness (QED) is 0.671. The second-order valence-electron chi connectivity index (χ2n) is 3.78. The van der Waals surface area contributed by atoms with E-state index >= 15 is 0 Å². The summed E-state index contributed by atoms with van der Waals surface area (Å²) in [6.45, 7) is 1.92. The minimum atomic E-state index is -0.782. The lowest BCUT2D eigenvalue weighted by Crippen LogP contribution is -2.18. The van der Waals surface area contributed by atoms with E-state index in [-0.39, 0.29) is 17.6 Å². The molecular weight excluding hydrogens is 156 g/mol. The minimum Gasteiger partial charge on any atom is -0.481 e. The molecule has 0 aromatic carbocycles. The molecule has 3 nitrogen and oxygen atoms in total. The minimum absolute atomic E-state index is 0.160. The number of Topliss-reactive ketones (excluding diaryl/α,β-unsaturated/α-hetero) is 1. The van der Waals surface area contributed by atoms with Gasteiger partial charge in [-0.2, -0.15) is 0 Å². The highest BCUT2D eigenvalue weighted by atomic mass is 16.4. The Morgan fingerprint density at radius 1 is 1.75 bits per heavy atom. The third-order valence-electron chi connectivity index (χ3n) is 3.56. The van der Waals surface area contributed by atoms with E-state index in [2.05, 4.69) is 0 Å². The van der Waals surface area contributed by atoms with Crippen LogP contribution in [-0.4, -0.2) is 16.9 Å². The topological polar surface area (TPSA) is 54.4 Å². The van der Waals surface area contributed by atoms with E-state index in [1.54, 1.807) is 0 Å². The van der Waals surface area contributed by atoms with E-state index < -0.39 is 11.4 Å². The van der Waals surface area contributed by atoms with Gasteiger partial charge in [-0.05, 0) is 18.8 Å². The molecule has 1 N–H and O–H groups in total. The molecular formula is C9H12O3. The van der Waals surface area contributed by atoms with Crippen molar-refractivity contribution in [2.75, 3.05) is 0 Å². The number of rotatable bonds is 2. The molecule has 0 bridgehead atoms. The molecule has 0 spiro atoms. The predicted molar refractivity (Wildman–Crippen MR) is 41.6 cm³/mol. The van der Waals surface area contributed by atoms with Crippen molar-refractivity contribution in [3.8, 4) is 0 Å². The Morgan fingerprint density at radius 3 is 2.75 bits per heavy atom. The Bertz CT molecular complexity index is 258. The van der Waals surface area contributed by atoms with Crippen LogP contribution in [0, 0.1) is 17.3 Å². The van der Waals surface area contributed by atoms with Crippen LogP contribution in [-0.2, 0) is 9.59 Å². The number of fused-ring (bicyclic) bond motifs is 1. The average molecular weight is 168 g/mol. The maximum Gasteiger partial charge on any atom is 0.307 e. The van der Waals surface area contributed by atoms with E-state index in [9.17, 15) is 9.59 Å². The molecule has 0 aliphatic heterocycles. The number of hydrogen-bond donors (Lipinski definition) is 1. The normalized spacial score (nSPS) is 44.2. The fraction of sp³-hybridized carbons (Fsp3) is 0.778. The number of carbonyl (C=O) groups is 2. The molecule has 0 aromatic rings. The molecule has 0 aromatic heterocycles. The van der Waals surface area contributed by atoms with Gasteiger partial charge < -0.3 is 5.11 Å². The number of carbonyl (C=O) groups excluding carboxylic acids is 1. The van der Waals surface area contributed by atoms with Crippen molar-refractivity contribution in [2.24, 2.45) is 17.3 Å². The molecule has 2 rings (SSSR count). The molecule has 0 amide bonds. The zero-order chi connectivity index (χ0) is 8.93. The lowest BCUT2D eigenvalue weighted by atomic mass is 9.95. The van der Waals surface area contributed by atoms with Gasteiger partial charge in [-0.3, -0.25) is 9.59 Å². The third-order valence-corrected chi connectivity index (χ3v) is 3.56. The Labute approximate surface area is 70.8 Å². The van der Waals surface area contributed by atoms with Crippen molar-refractivity contribution in [1.29, 1.82) is 0 Å². The zero-order valence-corrected chi connectivity index (χ0v) is 7.04. The average Bonchev–Trinajstić information content (AvgIpc) is 2.60. The lowest BCUT2D eigenvalue weighted by Gasteiger charge is -2.07. The van der Waals surface area contributed by atoms with E-state index in [1.807, 2.05) is 6.92 Å². The van der Waals surface area contributed by atoms with Gasteiger partial charge >= 0.3 is 5.97 Å². The predicted octanol–water partition coefficient (Wildman–Crippen LogP) is 1.08. The van der Waals surface area contributed by atoms with Gasteiger partial charge in [0, 0.05) is 11.8 Å². The van der Waals surface area contributed by atoms with Gasteiger partial charge in [-0.25, -0.2) is 0 Å². The van der Waals surface area contributed by atoms with Crippen LogP contribution in [0.2, 0.25) is 0 Å². The first-order chi connectivity index (χ1) is 5.64. The van der Waals surface area contributed by atoms with Crippen molar-refractivity contribution in [3.05, 3.63) is 0 Å². The molecule has 3 heteroatoms. The molecule has 0 unspecified atom stereocenters. The van der Waals surface area contributed by atoms with Gasteiger partial charge in [-0.15, -0.1) is 0 Å². The van der Waals surface area contributed by atoms with Gasteiger partial charge in [0.05, 0.1) is 5.92 Å². The maximum absolute atomic E-state index is 11.4. The van der Waals surface area contributed by atoms with Gasteiger partial charge in [0.1, 0.15) is 5.78 Å².